The van der Waals surface area contributed by atoms with E-state index in [1.807, 2.05) is 6.07 Å². The van der Waals surface area contributed by atoms with Crippen LogP contribution in [-0.4, -0.2) is 17.6 Å². The Morgan fingerprint density at radius 1 is 1.10 bits per heavy atom. The summed E-state index contributed by atoms with van der Waals surface area (Å²) in [6, 6.07) is 6.64. The van der Waals surface area contributed by atoms with Gasteiger partial charge in [0.15, 0.2) is 0 Å². The first-order chi connectivity index (χ1) is 9.72. The van der Waals surface area contributed by atoms with Crippen molar-refractivity contribution in [1.82, 2.24) is 10.3 Å². The van der Waals surface area contributed by atoms with Gasteiger partial charge in [0, 0.05) is 19.2 Å². The van der Waals surface area contributed by atoms with Crippen molar-refractivity contribution in [2.24, 2.45) is 0 Å². The lowest BCUT2D eigenvalue weighted by Gasteiger charge is -2.09. The van der Waals surface area contributed by atoms with Gasteiger partial charge in [0.2, 0.25) is 0 Å². The van der Waals surface area contributed by atoms with Gasteiger partial charge in [0.1, 0.15) is 0 Å². The number of nitrogens with one attached hydrogen (secondary N) is 1. The minimum absolute atomic E-state index is 0.486. The Morgan fingerprint density at radius 2 is 1.85 bits per heavy atom. The number of unbranched alkanes of at least 4 members (excludes halogenated alkanes) is 4. The molecule has 0 aromatic carbocycles. The van der Waals surface area contributed by atoms with Crippen LogP contribution in [0.25, 0.3) is 0 Å². The molecule has 0 saturated carbocycles. The smallest absolute Gasteiger partial charge is 0.0887 e. The maximum Gasteiger partial charge on any atom is 0.0887 e. The Morgan fingerprint density at radius 3 is 2.60 bits per heavy atom. The molecule has 1 aromatic heterocycles. The van der Waals surface area contributed by atoms with E-state index in [2.05, 4.69) is 43.2 Å². The number of hydrogen-bond acceptors (Lipinski definition) is 3. The highest BCUT2D eigenvalue weighted by molar-refractivity contribution is 5.10. The van der Waals surface area contributed by atoms with Gasteiger partial charge >= 0.3 is 0 Å². The summed E-state index contributed by atoms with van der Waals surface area (Å²) >= 11 is 0. The van der Waals surface area contributed by atoms with E-state index in [1.54, 1.807) is 0 Å². The number of pyridine rings is 1. The number of ether oxygens (including phenoxy) is 1. The average molecular weight is 278 g/mol. The fraction of sp³-hybridized carbons (Fsp3) is 0.706. The Hall–Kier alpha value is -0.930. The fourth-order valence-corrected chi connectivity index (χ4v) is 2.00. The Kier molecular flexibility index (Phi) is 9.25. The molecule has 0 saturated heterocycles. The van der Waals surface area contributed by atoms with E-state index in [0.29, 0.717) is 12.6 Å². The SMILES string of the molecule is CCCCCCCOCc1cccc(CNC(C)C)n1. The fourth-order valence-electron chi connectivity index (χ4n) is 2.00. The molecule has 0 aliphatic carbocycles. The predicted molar refractivity (Wildman–Crippen MR) is 84.6 cm³/mol. The monoisotopic (exact) mass is 278 g/mol. The molecule has 0 bridgehead atoms. The van der Waals surface area contributed by atoms with Crippen molar-refractivity contribution in [2.45, 2.75) is 72.1 Å². The Balaban J connectivity index is 2.18. The van der Waals surface area contributed by atoms with E-state index < -0.39 is 0 Å². The van der Waals surface area contributed by atoms with E-state index in [4.69, 9.17) is 4.74 Å². The van der Waals surface area contributed by atoms with Gasteiger partial charge < -0.3 is 10.1 Å². The van der Waals surface area contributed by atoms with Crippen LogP contribution in [0, 0.1) is 0 Å². The predicted octanol–water partition coefficient (Wildman–Crippen LogP) is 4.07. The molecule has 3 heteroatoms. The quantitative estimate of drug-likeness (QED) is 0.620. The van der Waals surface area contributed by atoms with E-state index in [1.165, 1.54) is 25.7 Å². The normalized spacial score (nSPS) is 11.2. The summed E-state index contributed by atoms with van der Waals surface area (Å²) in [5.74, 6) is 0. The molecule has 0 radical (unpaired) electrons. The first-order valence-electron chi connectivity index (χ1n) is 7.98. The summed E-state index contributed by atoms with van der Waals surface area (Å²) in [5, 5.41) is 3.38. The molecule has 0 atom stereocenters. The summed E-state index contributed by atoms with van der Waals surface area (Å²) < 4.78 is 5.70. The van der Waals surface area contributed by atoms with Crippen LogP contribution in [0.4, 0.5) is 0 Å². The van der Waals surface area contributed by atoms with Crippen LogP contribution in [0.2, 0.25) is 0 Å². The molecule has 0 spiro atoms. The van der Waals surface area contributed by atoms with Crippen LogP contribution >= 0.6 is 0 Å². The van der Waals surface area contributed by atoms with Crippen molar-refractivity contribution in [2.75, 3.05) is 6.61 Å². The van der Waals surface area contributed by atoms with Gasteiger partial charge in [-0.1, -0.05) is 52.5 Å². The van der Waals surface area contributed by atoms with Gasteiger partial charge in [0.25, 0.3) is 0 Å². The van der Waals surface area contributed by atoms with Gasteiger partial charge in [-0.3, -0.25) is 4.98 Å². The van der Waals surface area contributed by atoms with Crippen molar-refractivity contribution in [3.63, 3.8) is 0 Å². The van der Waals surface area contributed by atoms with Crippen LogP contribution in [0.3, 0.4) is 0 Å². The van der Waals surface area contributed by atoms with Crippen LogP contribution in [0.5, 0.6) is 0 Å². The Labute approximate surface area is 124 Å². The zero-order valence-corrected chi connectivity index (χ0v) is 13.3. The largest absolute Gasteiger partial charge is 0.375 e. The lowest BCUT2D eigenvalue weighted by molar-refractivity contribution is 0.114. The molecule has 20 heavy (non-hydrogen) atoms. The molecule has 1 aromatic rings. The van der Waals surface area contributed by atoms with Gasteiger partial charge in [-0.15, -0.1) is 0 Å². The van der Waals surface area contributed by atoms with Crippen molar-refractivity contribution in [3.05, 3.63) is 29.6 Å². The molecule has 114 valence electrons. The van der Waals surface area contributed by atoms with Crippen LogP contribution in [0.1, 0.15) is 64.3 Å². The van der Waals surface area contributed by atoms with E-state index in [9.17, 15) is 0 Å². The molecule has 0 amide bonds. The molecule has 3 nitrogen and oxygen atoms in total. The molecule has 1 rings (SSSR count). The molecule has 1 N–H and O–H groups in total. The number of hydrogen-bond donors (Lipinski definition) is 1. The van der Waals surface area contributed by atoms with Crippen molar-refractivity contribution in [3.8, 4) is 0 Å². The zero-order valence-electron chi connectivity index (χ0n) is 13.3. The Bertz CT molecular complexity index is 353. The van der Waals surface area contributed by atoms with Crippen LogP contribution in [0.15, 0.2) is 18.2 Å². The second kappa shape index (κ2) is 10.8. The minimum atomic E-state index is 0.486. The van der Waals surface area contributed by atoms with E-state index in [-0.39, 0.29) is 0 Å². The van der Waals surface area contributed by atoms with Crippen molar-refractivity contribution in [1.29, 1.82) is 0 Å². The summed E-state index contributed by atoms with van der Waals surface area (Å²) in [6.45, 7) is 8.83. The second-order valence-corrected chi connectivity index (χ2v) is 5.62. The van der Waals surface area contributed by atoms with Gasteiger partial charge in [-0.05, 0) is 18.6 Å². The molecule has 0 fully saturated rings. The molecule has 0 aliphatic rings. The summed E-state index contributed by atoms with van der Waals surface area (Å²) in [6.07, 6.45) is 6.40. The van der Waals surface area contributed by atoms with Crippen molar-refractivity contribution < 1.29 is 4.74 Å². The highest BCUT2D eigenvalue weighted by atomic mass is 16.5. The highest BCUT2D eigenvalue weighted by Gasteiger charge is 2.00. The lowest BCUT2D eigenvalue weighted by Crippen LogP contribution is -2.22. The average Bonchev–Trinajstić information content (AvgIpc) is 2.45. The van der Waals surface area contributed by atoms with E-state index in [0.717, 1.165) is 31.0 Å². The highest BCUT2D eigenvalue weighted by Crippen LogP contribution is 2.05. The molecular formula is C17H30N2O. The third-order valence-corrected chi connectivity index (χ3v) is 3.20. The number of aromatic nitrogens is 1. The topological polar surface area (TPSA) is 34.1 Å². The molecular weight excluding hydrogens is 248 g/mol. The third-order valence-electron chi connectivity index (χ3n) is 3.20. The molecule has 0 aliphatic heterocycles. The van der Waals surface area contributed by atoms with E-state index >= 15 is 0 Å². The van der Waals surface area contributed by atoms with Gasteiger partial charge in [-0.25, -0.2) is 0 Å². The summed E-state index contributed by atoms with van der Waals surface area (Å²) in [5.41, 5.74) is 2.12. The first-order valence-corrected chi connectivity index (χ1v) is 7.98. The van der Waals surface area contributed by atoms with Crippen LogP contribution in [-0.2, 0) is 17.9 Å². The first kappa shape index (κ1) is 17.1. The van der Waals surface area contributed by atoms with Crippen molar-refractivity contribution >= 4 is 0 Å². The van der Waals surface area contributed by atoms with Gasteiger partial charge in [0.05, 0.1) is 18.0 Å². The number of nitrogens with zero attached hydrogens (tertiary/aromatic N) is 1. The third kappa shape index (κ3) is 8.28. The number of rotatable bonds is 11. The molecule has 1 heterocycles. The zero-order chi connectivity index (χ0) is 14.6. The van der Waals surface area contributed by atoms with Crippen LogP contribution < -0.4 is 5.32 Å². The second-order valence-electron chi connectivity index (χ2n) is 5.62. The summed E-state index contributed by atoms with van der Waals surface area (Å²) in [7, 11) is 0. The molecule has 0 unspecified atom stereocenters. The maximum atomic E-state index is 5.70. The van der Waals surface area contributed by atoms with Gasteiger partial charge in [-0.2, -0.15) is 0 Å². The minimum Gasteiger partial charge on any atom is -0.375 e. The maximum absolute atomic E-state index is 5.70. The summed E-state index contributed by atoms with van der Waals surface area (Å²) in [4.78, 5) is 4.60. The lowest BCUT2D eigenvalue weighted by atomic mass is 10.2. The standard InChI is InChI=1S/C17H30N2O/c1-4-5-6-7-8-12-20-14-17-11-9-10-16(19-17)13-18-15(2)3/h9-11,15,18H,4-8,12-14H2,1-3H3.